The molecule has 2 heterocycles. The number of anilines is 2. The number of hydrogen-bond acceptors (Lipinski definition) is 5. The number of rotatable bonds is 1. The van der Waals surface area contributed by atoms with Gasteiger partial charge in [-0.2, -0.15) is 5.26 Å². The number of carbonyl (C=O) groups excluding carboxylic acids is 2. The number of nitrogens with zero attached hydrogens (tertiary/aromatic N) is 2. The molecule has 2 aromatic carbocycles. The number of carbonyl (C=O) groups is 2. The summed E-state index contributed by atoms with van der Waals surface area (Å²) in [6, 6.07) is 11.2. The molecule has 0 saturated heterocycles. The molecule has 2 aromatic rings. The van der Waals surface area contributed by atoms with Crippen molar-refractivity contribution in [3.63, 3.8) is 0 Å². The van der Waals surface area contributed by atoms with E-state index in [0.717, 1.165) is 0 Å². The summed E-state index contributed by atoms with van der Waals surface area (Å²) in [7, 11) is 0. The zero-order valence-electron chi connectivity index (χ0n) is 17.1. The molecule has 1 atom stereocenters. The molecule has 0 aromatic heterocycles. The van der Waals surface area contributed by atoms with E-state index in [1.54, 1.807) is 25.1 Å². The second-order valence-corrected chi connectivity index (χ2v) is 8.49. The number of amides is 1. The van der Waals surface area contributed by atoms with Crippen molar-refractivity contribution in [2.75, 3.05) is 10.2 Å². The van der Waals surface area contributed by atoms with Crippen LogP contribution < -0.4 is 16.0 Å². The highest BCUT2D eigenvalue weighted by atomic mass is 35.5. The first kappa shape index (κ1) is 20.3. The van der Waals surface area contributed by atoms with Gasteiger partial charge in [-0.3, -0.25) is 14.5 Å². The summed E-state index contributed by atoms with van der Waals surface area (Å²) in [6.07, 6.45) is 1.25. The van der Waals surface area contributed by atoms with Gasteiger partial charge in [-0.05, 0) is 49.6 Å². The van der Waals surface area contributed by atoms with Gasteiger partial charge >= 0.3 is 0 Å². The highest BCUT2D eigenvalue weighted by molar-refractivity contribution is 6.32. The zero-order chi connectivity index (χ0) is 22.8. The third kappa shape index (κ3) is 2.44. The van der Waals surface area contributed by atoms with E-state index < -0.39 is 17.1 Å². The fourth-order valence-corrected chi connectivity index (χ4v) is 5.25. The average Bonchev–Trinajstić information content (AvgIpc) is 3.04. The van der Waals surface area contributed by atoms with Gasteiger partial charge in [0.05, 0.1) is 16.9 Å². The second-order valence-electron chi connectivity index (χ2n) is 8.08. The van der Waals surface area contributed by atoms with Crippen LogP contribution in [0.4, 0.5) is 15.8 Å². The molecule has 1 unspecified atom stereocenters. The number of benzene rings is 2. The molecule has 5 rings (SSSR count). The molecule has 3 N–H and O–H groups in total. The predicted octanol–water partition coefficient (Wildman–Crippen LogP) is 4.20. The summed E-state index contributed by atoms with van der Waals surface area (Å²) >= 11 is 6.27. The topological polar surface area (TPSA) is 99.2 Å². The smallest absolute Gasteiger partial charge is 0.245 e. The van der Waals surface area contributed by atoms with Crippen LogP contribution in [-0.4, -0.2) is 11.7 Å². The van der Waals surface area contributed by atoms with E-state index in [4.69, 9.17) is 17.3 Å². The Morgan fingerprint density at radius 1 is 1.25 bits per heavy atom. The van der Waals surface area contributed by atoms with E-state index in [0.29, 0.717) is 46.1 Å². The number of fused-ring (bicyclic) bond motifs is 3. The van der Waals surface area contributed by atoms with Gasteiger partial charge < -0.3 is 11.1 Å². The number of nitrogens with one attached hydrogen (secondary N) is 1. The summed E-state index contributed by atoms with van der Waals surface area (Å²) in [4.78, 5) is 28.5. The number of hydrogen-bond donors (Lipinski definition) is 2. The first-order valence-electron chi connectivity index (χ1n) is 10.2. The molecular formula is C24H18ClFN4O2. The summed E-state index contributed by atoms with van der Waals surface area (Å²) in [6.45, 7) is 1.76. The molecule has 1 aliphatic carbocycles. The Bertz CT molecular complexity index is 1340. The van der Waals surface area contributed by atoms with Crippen molar-refractivity contribution >= 4 is 34.7 Å². The van der Waals surface area contributed by atoms with E-state index in [9.17, 15) is 19.2 Å². The maximum Gasteiger partial charge on any atom is 0.245 e. The number of nitriles is 1. The highest BCUT2D eigenvalue weighted by Crippen LogP contribution is 2.56. The Balaban J connectivity index is 1.90. The molecule has 1 amide bonds. The normalized spacial score (nSPS) is 22.1. The summed E-state index contributed by atoms with van der Waals surface area (Å²) in [5, 5.41) is 13.5. The minimum Gasteiger partial charge on any atom is -0.384 e. The van der Waals surface area contributed by atoms with Crippen molar-refractivity contribution in [3.05, 3.63) is 81.0 Å². The lowest BCUT2D eigenvalue weighted by Crippen LogP contribution is -2.50. The average molecular weight is 449 g/mol. The minimum atomic E-state index is -1.67. The van der Waals surface area contributed by atoms with Crippen LogP contribution in [0, 0.1) is 24.1 Å². The third-order valence-electron chi connectivity index (χ3n) is 6.46. The van der Waals surface area contributed by atoms with Gasteiger partial charge in [0.15, 0.2) is 5.78 Å². The van der Waals surface area contributed by atoms with E-state index in [1.165, 1.54) is 23.1 Å². The molecule has 0 bridgehead atoms. The van der Waals surface area contributed by atoms with Gasteiger partial charge in [0.25, 0.3) is 0 Å². The van der Waals surface area contributed by atoms with E-state index >= 15 is 0 Å². The Kier molecular flexibility index (Phi) is 4.40. The number of nitrogens with two attached hydrogens (primary N) is 1. The summed E-state index contributed by atoms with van der Waals surface area (Å²) in [5.74, 6) is -1.22. The van der Waals surface area contributed by atoms with Crippen molar-refractivity contribution in [1.82, 2.24) is 0 Å². The standard InChI is InChI=1S/C24H18ClFN4O2/c1-12-17(25)9-8-15-21(12)29-23(32)24(15)16(11-27)22(28)30(14-5-2-4-13(26)10-14)18-6-3-7-19(31)20(18)24/h2,4-5,8-10H,3,6-7,28H2,1H3,(H,29,32). The Morgan fingerprint density at radius 3 is 2.75 bits per heavy atom. The van der Waals surface area contributed by atoms with Crippen LogP contribution in [0.1, 0.15) is 30.4 Å². The molecule has 8 heteroatoms. The maximum atomic E-state index is 14.1. The lowest BCUT2D eigenvalue weighted by atomic mass is 9.63. The Labute approximate surface area is 188 Å². The van der Waals surface area contributed by atoms with Crippen LogP contribution in [0.15, 0.2) is 59.1 Å². The third-order valence-corrected chi connectivity index (χ3v) is 6.87. The lowest BCUT2D eigenvalue weighted by molar-refractivity contribution is -0.122. The van der Waals surface area contributed by atoms with Crippen LogP contribution in [0.2, 0.25) is 5.02 Å². The van der Waals surface area contributed by atoms with Gasteiger partial charge in [-0.1, -0.05) is 23.7 Å². The van der Waals surface area contributed by atoms with Crippen molar-refractivity contribution < 1.29 is 14.0 Å². The van der Waals surface area contributed by atoms with Crippen molar-refractivity contribution in [1.29, 1.82) is 5.26 Å². The molecule has 2 aliphatic heterocycles. The second kappa shape index (κ2) is 6.94. The number of Topliss-reactive ketones (excluding diaryl/α,β-unsaturated/α-hetero) is 1. The molecule has 1 spiro atoms. The van der Waals surface area contributed by atoms with Gasteiger partial charge in [0, 0.05) is 28.3 Å². The fraction of sp³-hybridized carbons (Fsp3) is 0.208. The lowest BCUT2D eigenvalue weighted by Gasteiger charge is -2.43. The Hall–Kier alpha value is -3.63. The van der Waals surface area contributed by atoms with Crippen molar-refractivity contribution in [3.8, 4) is 6.07 Å². The van der Waals surface area contributed by atoms with E-state index in [1.807, 2.05) is 0 Å². The van der Waals surface area contributed by atoms with Crippen LogP contribution in [0.25, 0.3) is 0 Å². The van der Waals surface area contributed by atoms with Crippen molar-refractivity contribution in [2.24, 2.45) is 5.73 Å². The molecule has 0 radical (unpaired) electrons. The number of halogens is 2. The van der Waals surface area contributed by atoms with Crippen LogP contribution in [0.3, 0.4) is 0 Å². The monoisotopic (exact) mass is 448 g/mol. The molecule has 3 aliphatic rings. The molecule has 0 fully saturated rings. The first-order valence-corrected chi connectivity index (χ1v) is 10.5. The molecule has 160 valence electrons. The van der Waals surface area contributed by atoms with E-state index in [-0.39, 0.29) is 29.2 Å². The number of ketones is 1. The summed E-state index contributed by atoms with van der Waals surface area (Å²) in [5.41, 5.74) is 7.51. The molecule has 32 heavy (non-hydrogen) atoms. The quantitative estimate of drug-likeness (QED) is 0.681. The van der Waals surface area contributed by atoms with Gasteiger partial charge in [0.2, 0.25) is 5.91 Å². The predicted molar refractivity (Wildman–Crippen MR) is 118 cm³/mol. The SMILES string of the molecule is Cc1c(Cl)ccc2c1NC(=O)C21C(C#N)=C(N)N(c2cccc(F)c2)C2=C1C(=O)CCC2. The van der Waals surface area contributed by atoms with Gasteiger partial charge in [0.1, 0.15) is 23.1 Å². The van der Waals surface area contributed by atoms with Gasteiger partial charge in [-0.25, -0.2) is 4.39 Å². The van der Waals surface area contributed by atoms with Crippen LogP contribution in [0.5, 0.6) is 0 Å². The van der Waals surface area contributed by atoms with E-state index in [2.05, 4.69) is 11.4 Å². The van der Waals surface area contributed by atoms with Crippen LogP contribution in [-0.2, 0) is 15.0 Å². The maximum absolute atomic E-state index is 14.1. The molecule has 6 nitrogen and oxygen atoms in total. The largest absolute Gasteiger partial charge is 0.384 e. The fourth-order valence-electron chi connectivity index (χ4n) is 5.09. The highest BCUT2D eigenvalue weighted by Gasteiger charge is 2.60. The molecule has 0 saturated carbocycles. The number of allylic oxidation sites excluding steroid dienone is 1. The van der Waals surface area contributed by atoms with Crippen LogP contribution >= 0.6 is 11.6 Å². The molecular weight excluding hydrogens is 431 g/mol. The van der Waals surface area contributed by atoms with Gasteiger partial charge in [-0.15, -0.1) is 0 Å². The van der Waals surface area contributed by atoms with Crippen molar-refractivity contribution in [2.45, 2.75) is 31.6 Å². The first-order chi connectivity index (χ1) is 15.3. The summed E-state index contributed by atoms with van der Waals surface area (Å²) < 4.78 is 14.1. The minimum absolute atomic E-state index is 0.00199. The zero-order valence-corrected chi connectivity index (χ0v) is 17.9. The Morgan fingerprint density at radius 2 is 2.03 bits per heavy atom.